The van der Waals surface area contributed by atoms with Gasteiger partial charge in [-0.2, -0.15) is 18.3 Å². The van der Waals surface area contributed by atoms with E-state index in [1.807, 2.05) is 0 Å². The summed E-state index contributed by atoms with van der Waals surface area (Å²) in [4.78, 5) is 12.5. The molecule has 23 heavy (non-hydrogen) atoms. The maximum absolute atomic E-state index is 13.3. The van der Waals surface area contributed by atoms with Gasteiger partial charge in [0.1, 0.15) is 0 Å². The molecule has 0 aromatic carbocycles. The predicted octanol–water partition coefficient (Wildman–Crippen LogP) is 1.36. The Bertz CT molecular complexity index is 639. The molecule has 1 aromatic heterocycles. The zero-order valence-electron chi connectivity index (χ0n) is 13.4. The number of fused-ring (bicyclic) bond motifs is 1. The van der Waals surface area contributed by atoms with Crippen molar-refractivity contribution in [1.82, 2.24) is 20.4 Å². The van der Waals surface area contributed by atoms with E-state index in [1.54, 1.807) is 38.0 Å². The summed E-state index contributed by atoms with van der Waals surface area (Å²) in [5.74, 6) is -0.283. The molecule has 2 atom stereocenters. The van der Waals surface area contributed by atoms with Crippen molar-refractivity contribution in [2.45, 2.75) is 31.9 Å². The summed E-state index contributed by atoms with van der Waals surface area (Å²) in [6, 6.07) is 0. The van der Waals surface area contributed by atoms with Crippen molar-refractivity contribution < 1.29 is 18.0 Å². The van der Waals surface area contributed by atoms with Gasteiger partial charge in [0.25, 0.3) is 0 Å². The highest BCUT2D eigenvalue weighted by molar-refractivity contribution is 5.87. The maximum Gasteiger partial charge on any atom is 0.396 e. The van der Waals surface area contributed by atoms with Gasteiger partial charge in [0, 0.05) is 43.9 Å². The number of nitrogens with zero attached hydrogens (tertiary/aromatic N) is 2. The van der Waals surface area contributed by atoms with Gasteiger partial charge in [-0.05, 0) is 20.3 Å². The second-order valence-corrected chi connectivity index (χ2v) is 7.35. The molecule has 8 heteroatoms. The third-order valence-corrected chi connectivity index (χ3v) is 5.54. The Morgan fingerprint density at radius 3 is 2.65 bits per heavy atom. The van der Waals surface area contributed by atoms with Gasteiger partial charge in [-0.15, -0.1) is 0 Å². The highest BCUT2D eigenvalue weighted by Gasteiger charge is 2.81. The molecular weight excluding hydrogens is 309 g/mol. The average Bonchev–Trinajstić information content (AvgIpc) is 2.77. The summed E-state index contributed by atoms with van der Waals surface area (Å²) in [7, 11) is 1.75. The molecule has 1 amide bonds. The summed E-state index contributed by atoms with van der Waals surface area (Å²) in [5, 5.41) is 9.60. The Balaban J connectivity index is 1.69. The number of aryl methyl sites for hydroxylation is 1. The molecule has 0 unspecified atom stereocenters. The van der Waals surface area contributed by atoms with E-state index >= 15 is 0 Å². The number of halogens is 3. The fraction of sp³-hybridized carbons (Fsp3) is 0.733. The van der Waals surface area contributed by atoms with Crippen LogP contribution in [0.25, 0.3) is 0 Å². The highest BCUT2D eigenvalue weighted by Crippen LogP contribution is 2.72. The molecule has 1 aliphatic heterocycles. The van der Waals surface area contributed by atoms with Crippen LogP contribution >= 0.6 is 0 Å². The first-order chi connectivity index (χ1) is 10.5. The van der Waals surface area contributed by atoms with Crippen LogP contribution in [0.4, 0.5) is 13.2 Å². The minimum Gasteiger partial charge on any atom is -0.355 e. The summed E-state index contributed by atoms with van der Waals surface area (Å²) in [6.45, 7) is 3.77. The molecule has 3 rings (SSSR count). The van der Waals surface area contributed by atoms with Crippen molar-refractivity contribution in [1.29, 1.82) is 0 Å². The van der Waals surface area contributed by atoms with E-state index in [0.29, 0.717) is 6.54 Å². The molecule has 2 N–H and O–H groups in total. The van der Waals surface area contributed by atoms with Crippen LogP contribution in [0.5, 0.6) is 0 Å². The SMILES string of the molecule is Cn1cc(C(C)(C)C(=O)NC[C@@]23CNC[C@]2(C(F)(F)F)C3)cn1. The topological polar surface area (TPSA) is 59.0 Å². The van der Waals surface area contributed by atoms with E-state index in [-0.39, 0.29) is 25.4 Å². The van der Waals surface area contributed by atoms with E-state index in [2.05, 4.69) is 15.7 Å². The van der Waals surface area contributed by atoms with Crippen molar-refractivity contribution in [2.75, 3.05) is 19.6 Å². The molecule has 1 saturated heterocycles. The van der Waals surface area contributed by atoms with Gasteiger partial charge in [0.15, 0.2) is 0 Å². The van der Waals surface area contributed by atoms with E-state index in [9.17, 15) is 18.0 Å². The molecule has 1 aliphatic carbocycles. The monoisotopic (exact) mass is 330 g/mol. The number of aromatic nitrogens is 2. The number of hydrogen-bond acceptors (Lipinski definition) is 3. The van der Waals surface area contributed by atoms with Crippen molar-refractivity contribution in [2.24, 2.45) is 17.9 Å². The Morgan fingerprint density at radius 1 is 1.43 bits per heavy atom. The molecule has 2 heterocycles. The fourth-order valence-electron chi connectivity index (χ4n) is 3.67. The number of nitrogens with one attached hydrogen (secondary N) is 2. The highest BCUT2D eigenvalue weighted by atomic mass is 19.4. The normalized spacial score (nSPS) is 30.2. The third-order valence-electron chi connectivity index (χ3n) is 5.54. The van der Waals surface area contributed by atoms with Crippen LogP contribution in [-0.2, 0) is 17.3 Å². The Labute approximate surface area is 132 Å². The number of amides is 1. The van der Waals surface area contributed by atoms with E-state index in [0.717, 1.165) is 5.56 Å². The molecule has 2 aliphatic rings. The lowest BCUT2D eigenvalue weighted by atomic mass is 9.85. The number of alkyl halides is 3. The van der Waals surface area contributed by atoms with E-state index in [1.165, 1.54) is 0 Å². The van der Waals surface area contributed by atoms with Crippen LogP contribution in [0.2, 0.25) is 0 Å². The Morgan fingerprint density at radius 2 is 2.13 bits per heavy atom. The third kappa shape index (κ3) is 2.26. The number of piperidine rings is 1. The molecule has 5 nitrogen and oxygen atoms in total. The molecule has 128 valence electrons. The molecule has 0 spiro atoms. The summed E-state index contributed by atoms with van der Waals surface area (Å²) >= 11 is 0. The second kappa shape index (κ2) is 4.72. The zero-order chi connectivity index (χ0) is 17.1. The number of carbonyl (C=O) groups is 1. The fourth-order valence-corrected chi connectivity index (χ4v) is 3.67. The molecule has 0 radical (unpaired) electrons. The molecule has 2 fully saturated rings. The zero-order valence-corrected chi connectivity index (χ0v) is 13.4. The van der Waals surface area contributed by atoms with Crippen molar-refractivity contribution >= 4 is 5.91 Å². The molecular formula is C15H21F3N4O. The molecule has 1 aromatic rings. The first kappa shape index (κ1) is 16.3. The van der Waals surface area contributed by atoms with Crippen LogP contribution in [0.1, 0.15) is 25.8 Å². The van der Waals surface area contributed by atoms with Crippen molar-refractivity contribution in [3.05, 3.63) is 18.0 Å². The molecule has 1 saturated carbocycles. The lowest BCUT2D eigenvalue weighted by molar-refractivity contribution is -0.190. The average molecular weight is 330 g/mol. The minimum absolute atomic E-state index is 0.0437. The van der Waals surface area contributed by atoms with Gasteiger partial charge < -0.3 is 10.6 Å². The first-order valence-corrected chi connectivity index (χ1v) is 7.59. The summed E-state index contributed by atoms with van der Waals surface area (Å²) in [5.41, 5.74) is -2.68. The van der Waals surface area contributed by atoms with Crippen LogP contribution in [0.15, 0.2) is 12.4 Å². The van der Waals surface area contributed by atoms with Gasteiger partial charge in [0.2, 0.25) is 5.91 Å². The van der Waals surface area contributed by atoms with Gasteiger partial charge in [-0.25, -0.2) is 0 Å². The van der Waals surface area contributed by atoms with Gasteiger partial charge in [-0.3, -0.25) is 9.48 Å². The quantitative estimate of drug-likeness (QED) is 0.876. The summed E-state index contributed by atoms with van der Waals surface area (Å²) in [6.07, 6.45) is -0.803. The van der Waals surface area contributed by atoms with Crippen LogP contribution < -0.4 is 10.6 Å². The predicted molar refractivity (Wildman–Crippen MR) is 77.7 cm³/mol. The van der Waals surface area contributed by atoms with Crippen LogP contribution in [0, 0.1) is 10.8 Å². The van der Waals surface area contributed by atoms with Gasteiger partial charge >= 0.3 is 6.18 Å². The minimum atomic E-state index is -4.24. The van der Waals surface area contributed by atoms with Gasteiger partial charge in [-0.1, -0.05) is 0 Å². The number of carbonyl (C=O) groups excluding carboxylic acids is 1. The van der Waals surface area contributed by atoms with E-state index < -0.39 is 22.4 Å². The second-order valence-electron chi connectivity index (χ2n) is 7.35. The van der Waals surface area contributed by atoms with Crippen molar-refractivity contribution in [3.8, 4) is 0 Å². The number of rotatable bonds is 4. The molecule has 0 bridgehead atoms. The number of hydrogen-bond donors (Lipinski definition) is 2. The Hall–Kier alpha value is -1.57. The standard InChI is InChI=1S/C15H21F3N4O/c1-12(2,10-4-21-22(3)5-10)11(23)20-8-13-6-14(13,9-19-7-13)15(16,17)18/h4-5,19H,6-9H2,1-3H3,(H,20,23)/t13-,14-/m1/s1. The van der Waals surface area contributed by atoms with Crippen LogP contribution in [0.3, 0.4) is 0 Å². The van der Waals surface area contributed by atoms with Crippen LogP contribution in [-0.4, -0.2) is 41.5 Å². The van der Waals surface area contributed by atoms with E-state index in [4.69, 9.17) is 0 Å². The first-order valence-electron chi connectivity index (χ1n) is 7.59. The Kier molecular flexibility index (Phi) is 3.34. The maximum atomic E-state index is 13.3. The summed E-state index contributed by atoms with van der Waals surface area (Å²) < 4.78 is 41.5. The van der Waals surface area contributed by atoms with Crippen molar-refractivity contribution in [3.63, 3.8) is 0 Å². The lowest BCUT2D eigenvalue weighted by Gasteiger charge is -2.25. The smallest absolute Gasteiger partial charge is 0.355 e. The van der Waals surface area contributed by atoms with Gasteiger partial charge in [0.05, 0.1) is 17.0 Å². The largest absolute Gasteiger partial charge is 0.396 e. The lowest BCUT2D eigenvalue weighted by Crippen LogP contribution is -2.44.